The first-order chi connectivity index (χ1) is 17.1. The predicted molar refractivity (Wildman–Crippen MR) is 137 cm³/mol. The van der Waals surface area contributed by atoms with Crippen LogP contribution >= 0.6 is 11.6 Å². The normalized spacial score (nSPS) is 13.9. The van der Waals surface area contributed by atoms with Gasteiger partial charge in [0.1, 0.15) is 6.61 Å². The van der Waals surface area contributed by atoms with Crippen LogP contribution in [0.2, 0.25) is 5.02 Å². The Balaban J connectivity index is 1.52. The van der Waals surface area contributed by atoms with Crippen molar-refractivity contribution in [3.63, 3.8) is 0 Å². The van der Waals surface area contributed by atoms with Gasteiger partial charge in [0.15, 0.2) is 11.5 Å². The minimum absolute atomic E-state index is 0.0913. The van der Waals surface area contributed by atoms with Gasteiger partial charge in [-0.25, -0.2) is 0 Å². The Morgan fingerprint density at radius 1 is 0.971 bits per heavy atom. The van der Waals surface area contributed by atoms with Gasteiger partial charge in [0.05, 0.1) is 30.9 Å². The van der Waals surface area contributed by atoms with Crippen LogP contribution in [-0.4, -0.2) is 62.2 Å². The number of morpholine rings is 1. The van der Waals surface area contributed by atoms with Crippen LogP contribution in [0.15, 0.2) is 72.8 Å². The van der Waals surface area contributed by atoms with Crippen molar-refractivity contribution >= 4 is 17.5 Å². The number of hydrogen-bond acceptors (Lipinski definition) is 5. The molecule has 3 aromatic carbocycles. The van der Waals surface area contributed by atoms with Crippen molar-refractivity contribution < 1.29 is 19.0 Å². The first kappa shape index (κ1) is 25.0. The third-order valence-electron chi connectivity index (χ3n) is 6.02. The number of nitrogens with zero attached hydrogens (tertiary/aromatic N) is 2. The number of amides is 1. The summed E-state index contributed by atoms with van der Waals surface area (Å²) in [6, 6.07) is 23.0. The molecule has 3 aromatic rings. The van der Waals surface area contributed by atoms with Crippen LogP contribution in [-0.2, 0) is 17.9 Å². The maximum absolute atomic E-state index is 13.5. The molecule has 0 N–H and O–H groups in total. The number of halogens is 1. The number of ether oxygens (including phenoxy) is 3. The van der Waals surface area contributed by atoms with E-state index < -0.39 is 0 Å². The SMILES string of the molecule is COc1ccc(CN(CCN2CCOCC2)C(=O)c2ccccc2Cl)cc1OCc1ccccc1. The first-order valence-electron chi connectivity index (χ1n) is 11.8. The van der Waals surface area contributed by atoms with E-state index in [2.05, 4.69) is 4.90 Å². The summed E-state index contributed by atoms with van der Waals surface area (Å²) in [4.78, 5) is 17.7. The lowest BCUT2D eigenvalue weighted by Gasteiger charge is -2.30. The molecule has 1 amide bonds. The second-order valence-electron chi connectivity index (χ2n) is 8.42. The summed E-state index contributed by atoms with van der Waals surface area (Å²) in [6.45, 7) is 5.39. The molecule has 4 rings (SSSR count). The molecule has 0 aliphatic carbocycles. The van der Waals surface area contributed by atoms with E-state index in [-0.39, 0.29) is 5.91 Å². The maximum atomic E-state index is 13.5. The van der Waals surface area contributed by atoms with E-state index in [9.17, 15) is 4.79 Å². The fourth-order valence-corrected chi connectivity index (χ4v) is 4.25. The summed E-state index contributed by atoms with van der Waals surface area (Å²) in [5.74, 6) is 1.21. The first-order valence-corrected chi connectivity index (χ1v) is 12.2. The Bertz CT molecular complexity index is 1100. The smallest absolute Gasteiger partial charge is 0.255 e. The van der Waals surface area contributed by atoms with Gasteiger partial charge in [0, 0.05) is 32.7 Å². The summed E-state index contributed by atoms with van der Waals surface area (Å²) in [5.41, 5.74) is 2.53. The molecule has 184 valence electrons. The highest BCUT2D eigenvalue weighted by atomic mass is 35.5. The third kappa shape index (κ3) is 6.98. The maximum Gasteiger partial charge on any atom is 0.255 e. The van der Waals surface area contributed by atoms with Crippen LogP contribution < -0.4 is 9.47 Å². The van der Waals surface area contributed by atoms with Crippen LogP contribution in [0.1, 0.15) is 21.5 Å². The van der Waals surface area contributed by atoms with Crippen molar-refractivity contribution in [3.8, 4) is 11.5 Å². The Morgan fingerprint density at radius 3 is 2.46 bits per heavy atom. The molecule has 1 heterocycles. The van der Waals surface area contributed by atoms with Crippen LogP contribution in [0, 0.1) is 0 Å². The summed E-state index contributed by atoms with van der Waals surface area (Å²) >= 11 is 6.37. The second-order valence-corrected chi connectivity index (χ2v) is 8.83. The molecule has 6 nitrogen and oxygen atoms in total. The van der Waals surface area contributed by atoms with Gasteiger partial charge in [-0.3, -0.25) is 9.69 Å². The largest absolute Gasteiger partial charge is 0.493 e. The van der Waals surface area contributed by atoms with Gasteiger partial charge in [-0.1, -0.05) is 60.1 Å². The molecule has 0 atom stereocenters. The van der Waals surface area contributed by atoms with E-state index >= 15 is 0 Å². The van der Waals surface area contributed by atoms with E-state index in [1.807, 2.05) is 65.6 Å². The third-order valence-corrected chi connectivity index (χ3v) is 6.35. The van der Waals surface area contributed by atoms with Crippen LogP contribution in [0.4, 0.5) is 0 Å². The Morgan fingerprint density at radius 2 is 1.71 bits per heavy atom. The zero-order valence-electron chi connectivity index (χ0n) is 20.0. The molecule has 0 saturated carbocycles. The van der Waals surface area contributed by atoms with Crippen LogP contribution in [0.5, 0.6) is 11.5 Å². The van der Waals surface area contributed by atoms with Crippen molar-refractivity contribution in [1.82, 2.24) is 9.80 Å². The average molecular weight is 495 g/mol. The zero-order chi connectivity index (χ0) is 24.5. The molecule has 0 bridgehead atoms. The zero-order valence-corrected chi connectivity index (χ0v) is 20.7. The number of hydrogen-bond donors (Lipinski definition) is 0. The topological polar surface area (TPSA) is 51.2 Å². The lowest BCUT2D eigenvalue weighted by Crippen LogP contribution is -2.43. The molecule has 1 aliphatic heterocycles. The number of carbonyl (C=O) groups is 1. The molecule has 1 saturated heterocycles. The van der Waals surface area contributed by atoms with Gasteiger partial charge in [-0.2, -0.15) is 0 Å². The summed E-state index contributed by atoms with van der Waals surface area (Å²) in [5, 5.41) is 0.454. The molecule has 0 spiro atoms. The Hall–Kier alpha value is -3.06. The quantitative estimate of drug-likeness (QED) is 0.401. The Kier molecular flexibility index (Phi) is 9.01. The summed E-state index contributed by atoms with van der Waals surface area (Å²) in [7, 11) is 1.62. The molecule has 0 aromatic heterocycles. The number of rotatable bonds is 10. The number of benzene rings is 3. The lowest BCUT2D eigenvalue weighted by atomic mass is 10.1. The minimum Gasteiger partial charge on any atom is -0.493 e. The molecule has 1 fully saturated rings. The molecule has 35 heavy (non-hydrogen) atoms. The molecule has 0 unspecified atom stereocenters. The van der Waals surface area contributed by atoms with Crippen LogP contribution in [0.25, 0.3) is 0 Å². The molecular formula is C28H31ClN2O4. The van der Waals surface area contributed by atoms with Gasteiger partial charge in [0.2, 0.25) is 0 Å². The van der Waals surface area contributed by atoms with E-state index in [4.69, 9.17) is 25.8 Å². The highest BCUT2D eigenvalue weighted by molar-refractivity contribution is 6.33. The number of methoxy groups -OCH3 is 1. The fraction of sp³-hybridized carbons (Fsp3) is 0.321. The van der Waals surface area contributed by atoms with E-state index in [1.165, 1.54) is 0 Å². The molecule has 1 aliphatic rings. The predicted octanol–water partition coefficient (Wildman–Crippen LogP) is 4.90. The van der Waals surface area contributed by atoms with Gasteiger partial charge >= 0.3 is 0 Å². The number of carbonyl (C=O) groups excluding carboxylic acids is 1. The van der Waals surface area contributed by atoms with Crippen molar-refractivity contribution in [2.45, 2.75) is 13.2 Å². The second kappa shape index (κ2) is 12.6. The highest BCUT2D eigenvalue weighted by Gasteiger charge is 2.21. The highest BCUT2D eigenvalue weighted by Crippen LogP contribution is 2.30. The van der Waals surface area contributed by atoms with E-state index in [1.54, 1.807) is 19.2 Å². The monoisotopic (exact) mass is 494 g/mol. The van der Waals surface area contributed by atoms with E-state index in [0.717, 1.165) is 44.0 Å². The van der Waals surface area contributed by atoms with Gasteiger partial charge < -0.3 is 19.1 Å². The van der Waals surface area contributed by atoms with Gasteiger partial charge in [-0.15, -0.1) is 0 Å². The van der Waals surface area contributed by atoms with Crippen molar-refractivity contribution in [2.75, 3.05) is 46.5 Å². The van der Waals surface area contributed by atoms with Gasteiger partial charge in [0.25, 0.3) is 5.91 Å². The molecule has 0 radical (unpaired) electrons. The van der Waals surface area contributed by atoms with Crippen molar-refractivity contribution in [1.29, 1.82) is 0 Å². The molecule has 7 heteroatoms. The van der Waals surface area contributed by atoms with Crippen molar-refractivity contribution in [2.24, 2.45) is 0 Å². The van der Waals surface area contributed by atoms with Crippen molar-refractivity contribution in [3.05, 3.63) is 94.5 Å². The lowest BCUT2D eigenvalue weighted by molar-refractivity contribution is 0.0320. The summed E-state index contributed by atoms with van der Waals surface area (Å²) in [6.07, 6.45) is 0. The molecular weight excluding hydrogens is 464 g/mol. The standard InChI is InChI=1S/C28H31ClN2O4/c1-33-26-12-11-23(19-27(26)35-21-22-7-3-2-4-8-22)20-31(14-13-30-15-17-34-18-16-30)28(32)24-9-5-6-10-25(24)29/h2-12,19H,13-18,20-21H2,1H3. The minimum atomic E-state index is -0.0913. The summed E-state index contributed by atoms with van der Waals surface area (Å²) < 4.78 is 17.1. The average Bonchev–Trinajstić information content (AvgIpc) is 2.91. The van der Waals surface area contributed by atoms with Crippen LogP contribution in [0.3, 0.4) is 0 Å². The fourth-order valence-electron chi connectivity index (χ4n) is 4.03. The Labute approximate surface area is 212 Å². The van der Waals surface area contributed by atoms with Gasteiger partial charge in [-0.05, 0) is 35.4 Å². The van der Waals surface area contributed by atoms with E-state index in [0.29, 0.717) is 41.8 Å².